The Morgan fingerprint density at radius 3 is 2.37 bits per heavy atom. The largest absolute Gasteiger partial charge is 0.324 e. The zero-order valence-electron chi connectivity index (χ0n) is 16.1. The summed E-state index contributed by atoms with van der Waals surface area (Å²) in [7, 11) is 0. The summed E-state index contributed by atoms with van der Waals surface area (Å²) in [5.41, 5.74) is 6.14. The van der Waals surface area contributed by atoms with Gasteiger partial charge >= 0.3 is 0 Å². The van der Waals surface area contributed by atoms with Crippen molar-refractivity contribution in [2.45, 2.75) is 34.1 Å². The fraction of sp³-hybridized carbons (Fsp3) is 0.227. The highest BCUT2D eigenvalue weighted by molar-refractivity contribution is 6.03. The number of nitrogens with zero attached hydrogens (tertiary/aromatic N) is 2. The highest BCUT2D eigenvalue weighted by Crippen LogP contribution is 2.20. The molecule has 0 spiro atoms. The van der Waals surface area contributed by atoms with Crippen molar-refractivity contribution in [1.82, 2.24) is 9.97 Å². The molecule has 3 aromatic rings. The van der Waals surface area contributed by atoms with Crippen molar-refractivity contribution in [3.05, 3.63) is 76.6 Å². The van der Waals surface area contributed by atoms with Crippen LogP contribution in [0.15, 0.2) is 48.5 Å². The predicted octanol–water partition coefficient (Wildman–Crippen LogP) is 4.96. The molecule has 2 N–H and O–H groups in total. The Balaban J connectivity index is 1.85. The number of aromatic nitrogens is 2. The smallest absolute Gasteiger partial charge is 0.274 e. The van der Waals surface area contributed by atoms with E-state index < -0.39 is 0 Å². The number of amides is 1. The minimum atomic E-state index is -0.252. The fourth-order valence-electron chi connectivity index (χ4n) is 3.05. The molecule has 0 fully saturated rings. The van der Waals surface area contributed by atoms with Gasteiger partial charge in [-0.05, 0) is 68.1 Å². The maximum Gasteiger partial charge on any atom is 0.274 e. The van der Waals surface area contributed by atoms with Crippen LogP contribution in [0, 0.1) is 20.8 Å². The quantitative estimate of drug-likeness (QED) is 0.675. The molecule has 0 atom stereocenters. The van der Waals surface area contributed by atoms with Crippen LogP contribution in [0.1, 0.15) is 39.8 Å². The Kier molecular flexibility index (Phi) is 5.50. The molecule has 3 rings (SSSR count). The van der Waals surface area contributed by atoms with Crippen molar-refractivity contribution in [1.29, 1.82) is 0 Å². The van der Waals surface area contributed by atoms with Gasteiger partial charge in [-0.3, -0.25) is 4.79 Å². The van der Waals surface area contributed by atoms with E-state index >= 15 is 0 Å². The molecule has 0 aliphatic heterocycles. The maximum absolute atomic E-state index is 12.7. The van der Waals surface area contributed by atoms with E-state index in [0.717, 1.165) is 34.6 Å². The highest BCUT2D eigenvalue weighted by atomic mass is 16.1. The van der Waals surface area contributed by atoms with Crippen molar-refractivity contribution in [2.75, 3.05) is 10.6 Å². The lowest BCUT2D eigenvalue weighted by molar-refractivity contribution is 0.102. The first kappa shape index (κ1) is 18.6. The number of rotatable bonds is 5. The van der Waals surface area contributed by atoms with E-state index in [9.17, 15) is 4.79 Å². The second-order valence-electron chi connectivity index (χ2n) is 6.68. The van der Waals surface area contributed by atoms with Gasteiger partial charge in [-0.2, -0.15) is 0 Å². The average molecular weight is 360 g/mol. The summed E-state index contributed by atoms with van der Waals surface area (Å²) in [6, 6.07) is 15.7. The Morgan fingerprint density at radius 1 is 0.963 bits per heavy atom. The lowest BCUT2D eigenvalue weighted by Gasteiger charge is -2.12. The third kappa shape index (κ3) is 4.70. The van der Waals surface area contributed by atoms with Crippen molar-refractivity contribution < 1.29 is 4.79 Å². The van der Waals surface area contributed by atoms with Gasteiger partial charge in [-0.1, -0.05) is 31.2 Å². The summed E-state index contributed by atoms with van der Waals surface area (Å²) in [5.74, 6) is 0.166. The molecular formula is C22H24N4O. The van der Waals surface area contributed by atoms with Crippen molar-refractivity contribution in [3.8, 4) is 0 Å². The van der Waals surface area contributed by atoms with Crippen molar-refractivity contribution in [2.24, 2.45) is 0 Å². The van der Waals surface area contributed by atoms with Gasteiger partial charge < -0.3 is 10.6 Å². The number of aryl methyl sites for hydroxylation is 4. The van der Waals surface area contributed by atoms with Crippen LogP contribution in [0.25, 0.3) is 0 Å². The van der Waals surface area contributed by atoms with Crippen LogP contribution >= 0.6 is 0 Å². The van der Waals surface area contributed by atoms with E-state index in [2.05, 4.69) is 39.7 Å². The van der Waals surface area contributed by atoms with E-state index in [-0.39, 0.29) is 5.91 Å². The number of benzene rings is 2. The molecular weight excluding hydrogens is 336 g/mol. The van der Waals surface area contributed by atoms with Crippen LogP contribution in [0.4, 0.5) is 17.3 Å². The lowest BCUT2D eigenvalue weighted by atomic mass is 10.1. The van der Waals surface area contributed by atoms with Crippen LogP contribution in [-0.2, 0) is 6.42 Å². The van der Waals surface area contributed by atoms with E-state index in [1.54, 1.807) is 6.07 Å². The Labute approximate surface area is 159 Å². The second kappa shape index (κ2) is 7.99. The molecule has 0 aliphatic rings. The van der Waals surface area contributed by atoms with Crippen LogP contribution < -0.4 is 10.6 Å². The normalized spacial score (nSPS) is 10.5. The van der Waals surface area contributed by atoms with Gasteiger partial charge in [0.05, 0.1) is 0 Å². The number of hydrogen-bond donors (Lipinski definition) is 2. The lowest BCUT2D eigenvalue weighted by Crippen LogP contribution is -2.16. The molecule has 1 heterocycles. The summed E-state index contributed by atoms with van der Waals surface area (Å²) in [4.78, 5) is 21.5. The zero-order valence-corrected chi connectivity index (χ0v) is 16.1. The number of nitrogens with one attached hydrogen (secondary N) is 2. The SMILES string of the molecule is CCc1ccccc1Nc1nc(C)cc(C(=O)Nc2cc(C)cc(C)c2)n1. The van der Waals surface area contributed by atoms with Gasteiger partial charge in [0.1, 0.15) is 5.69 Å². The van der Waals surface area contributed by atoms with Gasteiger partial charge in [-0.15, -0.1) is 0 Å². The molecule has 138 valence electrons. The molecule has 0 saturated carbocycles. The minimum absolute atomic E-state index is 0.252. The highest BCUT2D eigenvalue weighted by Gasteiger charge is 2.12. The first-order valence-corrected chi connectivity index (χ1v) is 9.05. The molecule has 0 saturated heterocycles. The summed E-state index contributed by atoms with van der Waals surface area (Å²) in [6.07, 6.45) is 0.898. The van der Waals surface area contributed by atoms with E-state index in [4.69, 9.17) is 0 Å². The van der Waals surface area contributed by atoms with Crippen LogP contribution in [0.5, 0.6) is 0 Å². The van der Waals surface area contributed by atoms with Gasteiger partial charge in [0, 0.05) is 17.1 Å². The Bertz CT molecular complexity index is 962. The molecule has 0 unspecified atom stereocenters. The monoisotopic (exact) mass is 360 g/mol. The van der Waals surface area contributed by atoms with E-state index in [1.807, 2.05) is 51.1 Å². The van der Waals surface area contributed by atoms with E-state index in [0.29, 0.717) is 11.6 Å². The predicted molar refractivity (Wildman–Crippen MR) is 110 cm³/mol. The van der Waals surface area contributed by atoms with Crippen LogP contribution in [0.2, 0.25) is 0 Å². The Hall–Kier alpha value is -3.21. The summed E-state index contributed by atoms with van der Waals surface area (Å²) in [5, 5.41) is 6.16. The number of carbonyl (C=O) groups excluding carboxylic acids is 1. The summed E-state index contributed by atoms with van der Waals surface area (Å²) in [6.45, 7) is 7.96. The number of carbonyl (C=O) groups is 1. The fourth-order valence-corrected chi connectivity index (χ4v) is 3.05. The first-order chi connectivity index (χ1) is 12.9. The summed E-state index contributed by atoms with van der Waals surface area (Å²) >= 11 is 0. The first-order valence-electron chi connectivity index (χ1n) is 9.05. The minimum Gasteiger partial charge on any atom is -0.324 e. The molecule has 0 aliphatic carbocycles. The van der Waals surface area contributed by atoms with E-state index in [1.165, 1.54) is 5.56 Å². The van der Waals surface area contributed by atoms with Gasteiger partial charge in [0.2, 0.25) is 5.95 Å². The van der Waals surface area contributed by atoms with Gasteiger partial charge in [0.15, 0.2) is 0 Å². The number of anilines is 3. The molecule has 1 amide bonds. The molecule has 27 heavy (non-hydrogen) atoms. The standard InChI is InChI=1S/C22H24N4O/c1-5-17-8-6-7-9-19(17)25-22-23-16(4)13-20(26-22)21(27)24-18-11-14(2)10-15(3)12-18/h6-13H,5H2,1-4H3,(H,24,27)(H,23,25,26). The third-order valence-corrected chi connectivity index (χ3v) is 4.21. The molecule has 5 heteroatoms. The molecule has 0 radical (unpaired) electrons. The van der Waals surface area contributed by atoms with Gasteiger partial charge in [0.25, 0.3) is 5.91 Å². The second-order valence-corrected chi connectivity index (χ2v) is 6.68. The number of para-hydroxylation sites is 1. The molecule has 0 bridgehead atoms. The van der Waals surface area contributed by atoms with Crippen molar-refractivity contribution in [3.63, 3.8) is 0 Å². The molecule has 2 aromatic carbocycles. The topological polar surface area (TPSA) is 66.9 Å². The summed E-state index contributed by atoms with van der Waals surface area (Å²) < 4.78 is 0. The van der Waals surface area contributed by atoms with Crippen LogP contribution in [0.3, 0.4) is 0 Å². The molecule has 1 aromatic heterocycles. The van der Waals surface area contributed by atoms with Gasteiger partial charge in [-0.25, -0.2) is 9.97 Å². The van der Waals surface area contributed by atoms with Crippen LogP contribution in [-0.4, -0.2) is 15.9 Å². The molecule has 5 nitrogen and oxygen atoms in total. The third-order valence-electron chi connectivity index (χ3n) is 4.21. The average Bonchev–Trinajstić information content (AvgIpc) is 2.60. The van der Waals surface area contributed by atoms with Crippen molar-refractivity contribution >= 4 is 23.2 Å². The number of hydrogen-bond acceptors (Lipinski definition) is 4. The zero-order chi connectivity index (χ0) is 19.4. The Morgan fingerprint density at radius 2 is 1.67 bits per heavy atom. The maximum atomic E-state index is 12.7.